The number of alkyl halides is 3. The SMILES string of the molecule is Nc1nc([C@@H]2CCC[C@@H](N)C2)c(/C=C/CCCCCC(=O)[O-])c2[nH]nc(-c3ccc(C(=O)Nc4cc(C(F)(F)F)ccn4)cc3)c12.[Li+]. The van der Waals surface area contributed by atoms with E-state index in [1.54, 1.807) is 24.3 Å². The van der Waals surface area contributed by atoms with E-state index in [1.807, 2.05) is 12.2 Å². The van der Waals surface area contributed by atoms with Crippen LogP contribution in [0.5, 0.6) is 0 Å². The number of allylic oxidation sites excluding steroid dienone is 1. The molecule has 4 aromatic rings. The van der Waals surface area contributed by atoms with Gasteiger partial charge in [-0.3, -0.25) is 9.89 Å². The molecule has 3 heterocycles. The quantitative estimate of drug-likeness (QED) is 0.143. The van der Waals surface area contributed by atoms with Crippen LogP contribution in [0.15, 0.2) is 48.7 Å². The molecular formula is C33H35F3LiN7O3. The number of nitrogen functional groups attached to an aromatic ring is 1. The van der Waals surface area contributed by atoms with Crippen molar-refractivity contribution in [2.75, 3.05) is 11.1 Å². The van der Waals surface area contributed by atoms with E-state index in [1.165, 1.54) is 0 Å². The molecule has 10 nitrogen and oxygen atoms in total. The van der Waals surface area contributed by atoms with Gasteiger partial charge in [0.1, 0.15) is 17.3 Å². The van der Waals surface area contributed by atoms with Crippen LogP contribution in [-0.2, 0) is 11.0 Å². The summed E-state index contributed by atoms with van der Waals surface area (Å²) in [5, 5.41) is 21.4. The van der Waals surface area contributed by atoms with Gasteiger partial charge in [-0.05, 0) is 69.2 Å². The van der Waals surface area contributed by atoms with Crippen molar-refractivity contribution in [3.63, 3.8) is 0 Å². The molecule has 0 radical (unpaired) electrons. The topological polar surface area (TPSA) is 176 Å². The second-order valence-corrected chi connectivity index (χ2v) is 11.6. The Morgan fingerprint density at radius 2 is 1.87 bits per heavy atom. The fraction of sp³-hybridized carbons (Fsp3) is 0.364. The number of hydrogen-bond acceptors (Lipinski definition) is 8. The summed E-state index contributed by atoms with van der Waals surface area (Å²) in [6.45, 7) is 0. The van der Waals surface area contributed by atoms with Crippen LogP contribution in [0.2, 0.25) is 0 Å². The van der Waals surface area contributed by atoms with Gasteiger partial charge in [-0.25, -0.2) is 9.97 Å². The third-order valence-corrected chi connectivity index (χ3v) is 8.20. The summed E-state index contributed by atoms with van der Waals surface area (Å²) in [4.78, 5) is 32.1. The van der Waals surface area contributed by atoms with Gasteiger partial charge in [0.2, 0.25) is 0 Å². The minimum absolute atomic E-state index is 0. The number of pyridine rings is 2. The van der Waals surface area contributed by atoms with Gasteiger partial charge in [0.15, 0.2) is 0 Å². The molecule has 0 saturated heterocycles. The van der Waals surface area contributed by atoms with E-state index >= 15 is 0 Å². The van der Waals surface area contributed by atoms with Crippen molar-refractivity contribution in [3.8, 4) is 11.3 Å². The predicted octanol–water partition coefficient (Wildman–Crippen LogP) is 2.58. The number of nitrogens with zero attached hydrogens (tertiary/aromatic N) is 3. The number of hydrogen-bond donors (Lipinski definition) is 4. The van der Waals surface area contributed by atoms with Crippen molar-refractivity contribution in [1.29, 1.82) is 0 Å². The summed E-state index contributed by atoms with van der Waals surface area (Å²) < 4.78 is 39.2. The average Bonchev–Trinajstić information content (AvgIpc) is 3.47. The normalized spacial score (nSPS) is 16.7. The van der Waals surface area contributed by atoms with Gasteiger partial charge in [0, 0.05) is 40.8 Å². The minimum atomic E-state index is -4.56. The number of carboxylic acids is 1. The Kier molecular flexibility index (Phi) is 11.8. The summed E-state index contributed by atoms with van der Waals surface area (Å²) in [6, 6.07) is 8.13. The zero-order valence-electron chi connectivity index (χ0n) is 26.1. The summed E-state index contributed by atoms with van der Waals surface area (Å²) in [5.41, 5.74) is 15.8. The fourth-order valence-corrected chi connectivity index (χ4v) is 5.88. The van der Waals surface area contributed by atoms with Gasteiger partial charge in [0.05, 0.1) is 22.2 Å². The molecule has 3 aromatic heterocycles. The number of carbonyl (C=O) groups excluding carboxylic acids is 2. The van der Waals surface area contributed by atoms with Crippen molar-refractivity contribution in [1.82, 2.24) is 20.2 Å². The van der Waals surface area contributed by atoms with Gasteiger partial charge < -0.3 is 26.7 Å². The van der Waals surface area contributed by atoms with E-state index in [-0.39, 0.29) is 48.6 Å². The minimum Gasteiger partial charge on any atom is -0.550 e. The van der Waals surface area contributed by atoms with Crippen LogP contribution in [0.1, 0.15) is 90.9 Å². The Labute approximate surface area is 281 Å². The molecule has 1 aliphatic carbocycles. The Bertz CT molecular complexity index is 1740. The van der Waals surface area contributed by atoms with Crippen LogP contribution in [-0.4, -0.2) is 38.1 Å². The molecule has 0 bridgehead atoms. The number of amides is 1. The number of aromatic nitrogens is 4. The first-order valence-electron chi connectivity index (χ1n) is 15.3. The molecule has 6 N–H and O–H groups in total. The van der Waals surface area contributed by atoms with E-state index in [0.29, 0.717) is 28.9 Å². The number of aliphatic carboxylic acids is 1. The first-order valence-corrected chi connectivity index (χ1v) is 15.3. The van der Waals surface area contributed by atoms with E-state index < -0.39 is 23.6 Å². The van der Waals surface area contributed by atoms with Crippen molar-refractivity contribution < 1.29 is 46.7 Å². The van der Waals surface area contributed by atoms with Gasteiger partial charge in [-0.2, -0.15) is 18.3 Å². The first kappa shape index (κ1) is 35.7. The molecule has 47 heavy (non-hydrogen) atoms. The molecule has 1 aliphatic rings. The molecule has 0 aliphatic heterocycles. The Morgan fingerprint density at radius 3 is 2.57 bits per heavy atom. The van der Waals surface area contributed by atoms with Crippen molar-refractivity contribution in [2.24, 2.45) is 5.73 Å². The molecule has 242 valence electrons. The second kappa shape index (κ2) is 15.6. The molecule has 0 unspecified atom stereocenters. The maximum Gasteiger partial charge on any atom is 1.00 e. The second-order valence-electron chi connectivity index (χ2n) is 11.6. The van der Waals surface area contributed by atoms with Crippen LogP contribution in [0.4, 0.5) is 24.8 Å². The Morgan fingerprint density at radius 1 is 1.11 bits per heavy atom. The molecule has 5 rings (SSSR count). The van der Waals surface area contributed by atoms with Crippen LogP contribution in [0.25, 0.3) is 28.2 Å². The van der Waals surface area contributed by atoms with E-state index in [4.69, 9.17) is 16.5 Å². The molecule has 1 amide bonds. The van der Waals surface area contributed by atoms with E-state index in [0.717, 1.165) is 80.0 Å². The number of carboxylic acid groups (broad SMARTS) is 1. The van der Waals surface area contributed by atoms with Gasteiger partial charge in [-0.1, -0.05) is 37.1 Å². The van der Waals surface area contributed by atoms with Crippen LogP contribution in [0, 0.1) is 0 Å². The zero-order chi connectivity index (χ0) is 32.8. The standard InChI is InChI=1S/C33H36F3N7O3.Li/c34-33(35,36)22-15-16-39-25(18-22)40-32(46)20-13-11-19(12-14-20)29-27-30(43-42-29)24(9-4-2-1-3-5-10-26(44)45)28(41-31(27)38)21-7-6-8-23(37)17-21;/h4,9,11-16,18,21,23H,1-3,5-8,10,17,37H2,(H2,38,41)(H,42,43)(H,44,45)(H,39,40,46);/q;+1/p-1/b9-4+;/t21-,23-;/m1./s1. The number of nitrogens with two attached hydrogens (primary N) is 2. The van der Waals surface area contributed by atoms with Crippen LogP contribution < -0.4 is 40.8 Å². The summed E-state index contributed by atoms with van der Waals surface area (Å²) in [6.07, 6.45) is 7.15. The predicted molar refractivity (Wildman–Crippen MR) is 167 cm³/mol. The van der Waals surface area contributed by atoms with Crippen molar-refractivity contribution >= 4 is 40.5 Å². The number of H-pyrrole nitrogens is 1. The molecule has 14 heteroatoms. The number of halogens is 3. The summed E-state index contributed by atoms with van der Waals surface area (Å²) in [5.74, 6) is -1.43. The number of benzene rings is 1. The van der Waals surface area contributed by atoms with Crippen molar-refractivity contribution in [3.05, 3.63) is 71.1 Å². The maximum atomic E-state index is 13.1. The van der Waals surface area contributed by atoms with Gasteiger partial charge in [0.25, 0.3) is 5.91 Å². The largest absolute Gasteiger partial charge is 1.00 e. The zero-order valence-corrected chi connectivity index (χ0v) is 26.1. The molecule has 1 aromatic carbocycles. The van der Waals surface area contributed by atoms with Crippen LogP contribution >= 0.6 is 0 Å². The molecule has 1 saturated carbocycles. The Hall–Kier alpha value is -4.18. The molecule has 0 spiro atoms. The van der Waals surface area contributed by atoms with Gasteiger partial charge >= 0.3 is 25.0 Å². The number of nitrogens with one attached hydrogen (secondary N) is 2. The van der Waals surface area contributed by atoms with Crippen molar-refractivity contribution in [2.45, 2.75) is 75.9 Å². The number of fused-ring (bicyclic) bond motifs is 1. The van der Waals surface area contributed by atoms with Gasteiger partial charge in [-0.15, -0.1) is 0 Å². The number of anilines is 2. The molecule has 2 atom stereocenters. The fourth-order valence-electron chi connectivity index (χ4n) is 5.88. The number of rotatable bonds is 11. The smallest absolute Gasteiger partial charge is 0.550 e. The summed E-state index contributed by atoms with van der Waals surface area (Å²) in [7, 11) is 0. The number of carbonyl (C=O) groups is 2. The van der Waals surface area contributed by atoms with E-state index in [9.17, 15) is 27.9 Å². The third kappa shape index (κ3) is 8.80. The Balaban J connectivity index is 0.00000500. The monoisotopic (exact) mass is 641 g/mol. The molecule has 1 fully saturated rings. The first-order chi connectivity index (χ1) is 22.0. The average molecular weight is 642 g/mol. The maximum absolute atomic E-state index is 13.1. The van der Waals surface area contributed by atoms with E-state index in [2.05, 4.69) is 20.5 Å². The third-order valence-electron chi connectivity index (χ3n) is 8.20. The number of aromatic amines is 1. The van der Waals surface area contributed by atoms with Crippen LogP contribution in [0.3, 0.4) is 0 Å². The summed E-state index contributed by atoms with van der Waals surface area (Å²) >= 11 is 0. The number of unbranched alkanes of at least 4 members (excludes halogenated alkanes) is 3. The molecular weight excluding hydrogens is 606 g/mol.